The van der Waals surface area contributed by atoms with Crippen molar-refractivity contribution >= 4 is 11.9 Å². The van der Waals surface area contributed by atoms with E-state index >= 15 is 0 Å². The average molecular weight is 347 g/mol. The SMILES string of the molecule is CC(=O)NCCCNC(=O)N[C@H](c1ccccc1F)c1nccn1C. The summed E-state index contributed by atoms with van der Waals surface area (Å²) in [5.41, 5.74) is 0.338. The van der Waals surface area contributed by atoms with Crippen molar-refractivity contribution in [1.29, 1.82) is 0 Å². The summed E-state index contributed by atoms with van der Waals surface area (Å²) in [7, 11) is 1.78. The van der Waals surface area contributed by atoms with Crippen molar-refractivity contribution in [1.82, 2.24) is 25.5 Å². The highest BCUT2D eigenvalue weighted by atomic mass is 19.1. The molecule has 2 aromatic rings. The van der Waals surface area contributed by atoms with Crippen molar-refractivity contribution in [3.63, 3.8) is 0 Å². The van der Waals surface area contributed by atoms with Gasteiger partial charge in [-0.15, -0.1) is 0 Å². The quantitative estimate of drug-likeness (QED) is 0.663. The first-order valence-corrected chi connectivity index (χ1v) is 7.99. The molecular formula is C17H22FN5O2. The van der Waals surface area contributed by atoms with Gasteiger partial charge in [0.1, 0.15) is 17.7 Å². The zero-order chi connectivity index (χ0) is 18.2. The highest BCUT2D eigenvalue weighted by Gasteiger charge is 2.23. The van der Waals surface area contributed by atoms with Crippen molar-refractivity contribution < 1.29 is 14.0 Å². The van der Waals surface area contributed by atoms with E-state index in [0.29, 0.717) is 30.9 Å². The topological polar surface area (TPSA) is 88.1 Å². The van der Waals surface area contributed by atoms with Gasteiger partial charge in [-0.25, -0.2) is 14.2 Å². The molecule has 1 heterocycles. The maximum absolute atomic E-state index is 14.2. The number of carbonyl (C=O) groups excluding carboxylic acids is 2. The molecule has 8 heteroatoms. The Bertz CT molecular complexity index is 731. The Labute approximate surface area is 145 Å². The number of benzene rings is 1. The second kappa shape index (κ2) is 8.81. The van der Waals surface area contributed by atoms with Crippen LogP contribution < -0.4 is 16.0 Å². The molecule has 0 aliphatic carbocycles. The number of hydrogen-bond donors (Lipinski definition) is 3. The number of carbonyl (C=O) groups is 2. The zero-order valence-corrected chi connectivity index (χ0v) is 14.3. The molecule has 1 atom stereocenters. The van der Waals surface area contributed by atoms with Gasteiger partial charge in [-0.1, -0.05) is 18.2 Å². The molecule has 25 heavy (non-hydrogen) atoms. The van der Waals surface area contributed by atoms with E-state index in [-0.39, 0.29) is 5.91 Å². The molecule has 2 rings (SSSR count). The fraction of sp³-hybridized carbons (Fsp3) is 0.353. The number of halogens is 1. The molecule has 0 aliphatic heterocycles. The van der Waals surface area contributed by atoms with E-state index in [1.54, 1.807) is 42.2 Å². The van der Waals surface area contributed by atoms with Crippen LogP contribution in [0.2, 0.25) is 0 Å². The minimum Gasteiger partial charge on any atom is -0.356 e. The summed E-state index contributed by atoms with van der Waals surface area (Å²) in [5, 5.41) is 8.10. The number of aromatic nitrogens is 2. The molecule has 0 spiro atoms. The Kier molecular flexibility index (Phi) is 6.50. The third-order valence-electron chi connectivity index (χ3n) is 3.62. The molecule has 3 N–H and O–H groups in total. The van der Waals surface area contributed by atoms with Crippen molar-refractivity contribution in [2.75, 3.05) is 13.1 Å². The van der Waals surface area contributed by atoms with Crippen molar-refractivity contribution in [2.45, 2.75) is 19.4 Å². The predicted molar refractivity (Wildman–Crippen MR) is 91.3 cm³/mol. The van der Waals surface area contributed by atoms with E-state index in [1.807, 2.05) is 0 Å². The van der Waals surface area contributed by atoms with Crippen LogP contribution in [0.25, 0.3) is 0 Å². The Balaban J connectivity index is 2.02. The summed E-state index contributed by atoms with van der Waals surface area (Å²) < 4.78 is 15.9. The highest BCUT2D eigenvalue weighted by Crippen LogP contribution is 2.22. The largest absolute Gasteiger partial charge is 0.356 e. The van der Waals surface area contributed by atoms with Crippen LogP contribution in [0.1, 0.15) is 30.8 Å². The van der Waals surface area contributed by atoms with Crippen molar-refractivity contribution in [3.05, 3.63) is 53.9 Å². The van der Waals surface area contributed by atoms with Gasteiger partial charge in [0.2, 0.25) is 5.91 Å². The highest BCUT2D eigenvalue weighted by molar-refractivity contribution is 5.75. The van der Waals surface area contributed by atoms with E-state index in [9.17, 15) is 14.0 Å². The standard InChI is InChI=1S/C17H22FN5O2/c1-12(24)19-8-5-9-21-17(25)22-15(16-20-10-11-23(16)2)13-6-3-4-7-14(13)18/h3-4,6-7,10-11,15H,5,8-9H2,1-2H3,(H,19,24)(H2,21,22,25)/t15-/m1/s1. The predicted octanol–water partition coefficient (Wildman–Crippen LogP) is 1.47. The lowest BCUT2D eigenvalue weighted by Gasteiger charge is -2.20. The fourth-order valence-corrected chi connectivity index (χ4v) is 2.38. The minimum atomic E-state index is -0.712. The van der Waals surface area contributed by atoms with Crippen LogP contribution in [-0.4, -0.2) is 34.6 Å². The van der Waals surface area contributed by atoms with Crippen LogP contribution in [0.5, 0.6) is 0 Å². The van der Waals surface area contributed by atoms with E-state index < -0.39 is 17.9 Å². The van der Waals surface area contributed by atoms with Crippen LogP contribution in [0, 0.1) is 5.82 Å². The number of amides is 3. The first-order valence-electron chi connectivity index (χ1n) is 7.99. The normalized spacial score (nSPS) is 11.6. The van der Waals surface area contributed by atoms with Gasteiger partial charge in [0.05, 0.1) is 0 Å². The Morgan fingerprint density at radius 1 is 1.24 bits per heavy atom. The molecule has 1 aromatic carbocycles. The Morgan fingerprint density at radius 2 is 1.96 bits per heavy atom. The molecule has 134 valence electrons. The third kappa shape index (κ3) is 5.30. The lowest BCUT2D eigenvalue weighted by atomic mass is 10.1. The first kappa shape index (κ1) is 18.4. The summed E-state index contributed by atoms with van der Waals surface area (Å²) in [6, 6.07) is 5.12. The number of rotatable bonds is 7. The molecule has 7 nitrogen and oxygen atoms in total. The van der Waals surface area contributed by atoms with Gasteiger partial charge in [0, 0.05) is 45.0 Å². The molecule has 3 amide bonds. The summed E-state index contributed by atoms with van der Waals surface area (Å²) in [5.74, 6) is -0.00111. The van der Waals surface area contributed by atoms with Gasteiger partial charge in [0.25, 0.3) is 0 Å². The van der Waals surface area contributed by atoms with Crippen molar-refractivity contribution in [2.24, 2.45) is 7.05 Å². The maximum atomic E-state index is 14.2. The molecule has 1 aromatic heterocycles. The van der Waals surface area contributed by atoms with Crippen LogP contribution in [0.4, 0.5) is 9.18 Å². The second-order valence-electron chi connectivity index (χ2n) is 5.59. The third-order valence-corrected chi connectivity index (χ3v) is 3.62. The number of imidazole rings is 1. The number of hydrogen-bond acceptors (Lipinski definition) is 3. The fourth-order valence-electron chi connectivity index (χ4n) is 2.38. The van der Waals surface area contributed by atoms with Gasteiger partial charge < -0.3 is 20.5 Å². The molecular weight excluding hydrogens is 325 g/mol. The molecule has 0 radical (unpaired) electrons. The average Bonchev–Trinajstić information content (AvgIpc) is 2.98. The summed E-state index contributed by atoms with van der Waals surface area (Å²) in [4.78, 5) is 27.2. The second-order valence-corrected chi connectivity index (χ2v) is 5.59. The molecule has 0 unspecified atom stereocenters. The van der Waals surface area contributed by atoms with E-state index in [1.165, 1.54) is 13.0 Å². The molecule has 0 fully saturated rings. The monoisotopic (exact) mass is 347 g/mol. The Hall–Kier alpha value is -2.90. The van der Waals surface area contributed by atoms with Crippen LogP contribution in [0.15, 0.2) is 36.7 Å². The minimum absolute atomic E-state index is 0.112. The number of aryl methyl sites for hydroxylation is 1. The molecule has 0 saturated heterocycles. The van der Waals surface area contributed by atoms with Gasteiger partial charge in [0.15, 0.2) is 0 Å². The lowest BCUT2D eigenvalue weighted by molar-refractivity contribution is -0.118. The van der Waals surface area contributed by atoms with Crippen LogP contribution in [-0.2, 0) is 11.8 Å². The lowest BCUT2D eigenvalue weighted by Crippen LogP contribution is -2.40. The number of urea groups is 1. The van der Waals surface area contributed by atoms with Crippen LogP contribution in [0.3, 0.4) is 0 Å². The first-order chi connectivity index (χ1) is 12.0. The summed E-state index contributed by atoms with van der Waals surface area (Å²) in [6.45, 7) is 2.30. The Morgan fingerprint density at radius 3 is 2.60 bits per heavy atom. The number of nitrogens with one attached hydrogen (secondary N) is 3. The maximum Gasteiger partial charge on any atom is 0.315 e. The molecule has 0 saturated carbocycles. The van der Waals surface area contributed by atoms with Crippen LogP contribution >= 0.6 is 0 Å². The van der Waals surface area contributed by atoms with Gasteiger partial charge in [-0.2, -0.15) is 0 Å². The summed E-state index contributed by atoms with van der Waals surface area (Å²) in [6.07, 6.45) is 3.92. The van der Waals surface area contributed by atoms with E-state index in [0.717, 1.165) is 0 Å². The smallest absolute Gasteiger partial charge is 0.315 e. The van der Waals surface area contributed by atoms with E-state index in [2.05, 4.69) is 20.9 Å². The zero-order valence-electron chi connectivity index (χ0n) is 14.3. The molecule has 0 bridgehead atoms. The molecule has 0 aliphatic rings. The van der Waals surface area contributed by atoms with Gasteiger partial charge in [-0.05, 0) is 12.5 Å². The van der Waals surface area contributed by atoms with E-state index in [4.69, 9.17) is 0 Å². The van der Waals surface area contributed by atoms with Crippen molar-refractivity contribution in [3.8, 4) is 0 Å². The van der Waals surface area contributed by atoms with Gasteiger partial charge in [-0.3, -0.25) is 4.79 Å². The van der Waals surface area contributed by atoms with Gasteiger partial charge >= 0.3 is 6.03 Å². The number of nitrogens with zero attached hydrogens (tertiary/aromatic N) is 2. The summed E-state index contributed by atoms with van der Waals surface area (Å²) >= 11 is 0.